The summed E-state index contributed by atoms with van der Waals surface area (Å²) in [7, 11) is 0. The van der Waals surface area contributed by atoms with Crippen molar-refractivity contribution in [1.29, 1.82) is 0 Å². The third-order valence-electron chi connectivity index (χ3n) is 2.98. The third kappa shape index (κ3) is 4.91. The number of aliphatic imine (C=N–C) groups is 1. The first-order valence-corrected chi connectivity index (χ1v) is 6.67. The van der Waals surface area contributed by atoms with Gasteiger partial charge >= 0.3 is 0 Å². The van der Waals surface area contributed by atoms with Crippen molar-refractivity contribution in [2.24, 2.45) is 4.99 Å². The maximum Gasteiger partial charge on any atom is 0.191 e. The van der Waals surface area contributed by atoms with Gasteiger partial charge in [0.25, 0.3) is 0 Å². The standard InChI is InChI=1S/C12H23N3O2/c1-4-11(17-9-1)10-16-8-3-7-15-12-13-5-2-6-14-12/h11H,1-10H2,(H2,13,14,15)/t11-/m0/s1. The van der Waals surface area contributed by atoms with Crippen molar-refractivity contribution in [2.45, 2.75) is 31.8 Å². The quantitative estimate of drug-likeness (QED) is 0.665. The average molecular weight is 241 g/mol. The molecule has 5 heteroatoms. The lowest BCUT2D eigenvalue weighted by Gasteiger charge is -2.16. The number of nitrogens with zero attached hydrogens (tertiary/aromatic N) is 1. The summed E-state index contributed by atoms with van der Waals surface area (Å²) in [6, 6.07) is 0. The van der Waals surface area contributed by atoms with Crippen LogP contribution in [0.2, 0.25) is 0 Å². The van der Waals surface area contributed by atoms with Crippen molar-refractivity contribution in [3.63, 3.8) is 0 Å². The molecule has 0 aromatic rings. The van der Waals surface area contributed by atoms with E-state index in [-0.39, 0.29) is 0 Å². The molecule has 2 rings (SSSR count). The highest BCUT2D eigenvalue weighted by molar-refractivity contribution is 5.80. The highest BCUT2D eigenvalue weighted by Gasteiger charge is 2.14. The van der Waals surface area contributed by atoms with Crippen LogP contribution in [0.25, 0.3) is 0 Å². The molecular weight excluding hydrogens is 218 g/mol. The summed E-state index contributed by atoms with van der Waals surface area (Å²) in [5, 5.41) is 6.51. The van der Waals surface area contributed by atoms with Gasteiger partial charge < -0.3 is 20.1 Å². The summed E-state index contributed by atoms with van der Waals surface area (Å²) in [5.74, 6) is 0.940. The van der Waals surface area contributed by atoms with Gasteiger partial charge in [-0.1, -0.05) is 0 Å². The molecular formula is C12H23N3O2. The average Bonchev–Trinajstić information content (AvgIpc) is 2.88. The van der Waals surface area contributed by atoms with Gasteiger partial charge in [0, 0.05) is 32.8 Å². The van der Waals surface area contributed by atoms with Crippen LogP contribution in [0.5, 0.6) is 0 Å². The fourth-order valence-corrected chi connectivity index (χ4v) is 2.02. The van der Waals surface area contributed by atoms with Gasteiger partial charge in [-0.3, -0.25) is 4.99 Å². The molecule has 2 N–H and O–H groups in total. The van der Waals surface area contributed by atoms with Gasteiger partial charge in [0.15, 0.2) is 5.96 Å². The summed E-state index contributed by atoms with van der Waals surface area (Å²) in [6.45, 7) is 5.32. The Labute approximate surface area is 103 Å². The molecule has 0 aliphatic carbocycles. The maximum absolute atomic E-state index is 5.58. The summed E-state index contributed by atoms with van der Waals surface area (Å²) < 4.78 is 11.1. The fourth-order valence-electron chi connectivity index (χ4n) is 2.02. The van der Waals surface area contributed by atoms with Crippen molar-refractivity contribution in [3.05, 3.63) is 0 Å². The second-order valence-electron chi connectivity index (χ2n) is 4.50. The number of nitrogens with one attached hydrogen (secondary N) is 2. The molecule has 2 aliphatic rings. The highest BCUT2D eigenvalue weighted by Crippen LogP contribution is 2.11. The molecule has 5 nitrogen and oxygen atoms in total. The molecule has 1 saturated heterocycles. The Hall–Kier alpha value is -0.810. The molecule has 0 unspecified atom stereocenters. The molecule has 2 heterocycles. The van der Waals surface area contributed by atoms with Crippen molar-refractivity contribution in [1.82, 2.24) is 10.6 Å². The lowest BCUT2D eigenvalue weighted by atomic mass is 10.2. The number of hydrogen-bond acceptors (Lipinski definition) is 5. The van der Waals surface area contributed by atoms with E-state index in [4.69, 9.17) is 9.47 Å². The summed E-state index contributed by atoms with van der Waals surface area (Å²) in [6.07, 6.45) is 4.82. The Balaban J connectivity index is 1.42. The first-order chi connectivity index (χ1) is 8.45. The van der Waals surface area contributed by atoms with Crippen LogP contribution in [0, 0.1) is 0 Å². The van der Waals surface area contributed by atoms with Gasteiger partial charge in [-0.15, -0.1) is 0 Å². The Morgan fingerprint density at radius 3 is 3.24 bits per heavy atom. The van der Waals surface area contributed by atoms with E-state index in [0.29, 0.717) is 6.10 Å². The maximum atomic E-state index is 5.58. The van der Waals surface area contributed by atoms with E-state index in [9.17, 15) is 0 Å². The molecule has 0 aromatic carbocycles. The van der Waals surface area contributed by atoms with E-state index in [2.05, 4.69) is 15.6 Å². The molecule has 1 atom stereocenters. The van der Waals surface area contributed by atoms with Gasteiger partial charge in [0.2, 0.25) is 0 Å². The zero-order valence-corrected chi connectivity index (χ0v) is 10.4. The molecule has 0 saturated carbocycles. The van der Waals surface area contributed by atoms with Crippen molar-refractivity contribution >= 4 is 5.96 Å². The van der Waals surface area contributed by atoms with E-state index in [0.717, 1.165) is 64.7 Å². The zero-order valence-electron chi connectivity index (χ0n) is 10.4. The van der Waals surface area contributed by atoms with Gasteiger partial charge in [-0.05, 0) is 25.7 Å². The minimum atomic E-state index is 0.340. The van der Waals surface area contributed by atoms with Gasteiger partial charge in [-0.2, -0.15) is 0 Å². The van der Waals surface area contributed by atoms with Crippen LogP contribution in [0.4, 0.5) is 0 Å². The lowest BCUT2D eigenvalue weighted by molar-refractivity contribution is 0.0168. The SMILES string of the molecule is C1CN=C(NCCCOC[C@@H]2CCCO2)NC1. The number of rotatable bonds is 6. The molecule has 0 bridgehead atoms. The lowest BCUT2D eigenvalue weighted by Crippen LogP contribution is -2.41. The van der Waals surface area contributed by atoms with E-state index in [1.54, 1.807) is 0 Å². The first-order valence-electron chi connectivity index (χ1n) is 6.67. The normalized spacial score (nSPS) is 24.2. The van der Waals surface area contributed by atoms with Crippen molar-refractivity contribution in [2.75, 3.05) is 39.5 Å². The first kappa shape index (κ1) is 12.6. The molecule has 98 valence electrons. The monoisotopic (exact) mass is 241 g/mol. The fraction of sp³-hybridized carbons (Fsp3) is 0.917. The molecule has 17 heavy (non-hydrogen) atoms. The minimum Gasteiger partial charge on any atom is -0.379 e. The van der Waals surface area contributed by atoms with Crippen molar-refractivity contribution in [3.8, 4) is 0 Å². The Kier molecular flexibility index (Phi) is 5.58. The Morgan fingerprint density at radius 2 is 2.47 bits per heavy atom. The molecule has 0 spiro atoms. The number of guanidine groups is 1. The Bertz CT molecular complexity index is 240. The van der Waals surface area contributed by atoms with Gasteiger partial charge in [-0.25, -0.2) is 0 Å². The van der Waals surface area contributed by atoms with Crippen LogP contribution in [0.3, 0.4) is 0 Å². The second kappa shape index (κ2) is 7.50. The Morgan fingerprint density at radius 1 is 1.47 bits per heavy atom. The van der Waals surface area contributed by atoms with E-state index < -0.39 is 0 Å². The summed E-state index contributed by atoms with van der Waals surface area (Å²) >= 11 is 0. The van der Waals surface area contributed by atoms with Gasteiger partial charge in [0.05, 0.1) is 12.7 Å². The third-order valence-corrected chi connectivity index (χ3v) is 2.98. The molecule has 0 amide bonds. The minimum absolute atomic E-state index is 0.340. The zero-order chi connectivity index (χ0) is 11.8. The van der Waals surface area contributed by atoms with Crippen LogP contribution in [0.1, 0.15) is 25.7 Å². The summed E-state index contributed by atoms with van der Waals surface area (Å²) in [5.41, 5.74) is 0. The molecule has 0 radical (unpaired) electrons. The van der Waals surface area contributed by atoms with E-state index in [1.807, 2.05) is 0 Å². The number of hydrogen-bond donors (Lipinski definition) is 2. The van der Waals surface area contributed by atoms with Crippen LogP contribution >= 0.6 is 0 Å². The van der Waals surface area contributed by atoms with Crippen LogP contribution in [0.15, 0.2) is 4.99 Å². The number of ether oxygens (including phenoxy) is 2. The van der Waals surface area contributed by atoms with Crippen LogP contribution in [-0.2, 0) is 9.47 Å². The topological polar surface area (TPSA) is 54.9 Å². The largest absolute Gasteiger partial charge is 0.379 e. The smallest absolute Gasteiger partial charge is 0.191 e. The molecule has 0 aromatic heterocycles. The molecule has 1 fully saturated rings. The molecule has 2 aliphatic heterocycles. The van der Waals surface area contributed by atoms with Crippen molar-refractivity contribution < 1.29 is 9.47 Å². The van der Waals surface area contributed by atoms with Crippen LogP contribution in [-0.4, -0.2) is 51.5 Å². The summed E-state index contributed by atoms with van der Waals surface area (Å²) in [4.78, 5) is 4.34. The predicted octanol–water partition coefficient (Wildman–Crippen LogP) is 0.511. The highest BCUT2D eigenvalue weighted by atomic mass is 16.5. The predicted molar refractivity (Wildman–Crippen MR) is 67.3 cm³/mol. The second-order valence-corrected chi connectivity index (χ2v) is 4.50. The van der Waals surface area contributed by atoms with Gasteiger partial charge in [0.1, 0.15) is 0 Å². The van der Waals surface area contributed by atoms with Crippen LogP contribution < -0.4 is 10.6 Å². The van der Waals surface area contributed by atoms with E-state index >= 15 is 0 Å². The van der Waals surface area contributed by atoms with E-state index in [1.165, 1.54) is 6.42 Å².